The summed E-state index contributed by atoms with van der Waals surface area (Å²) in [6, 6.07) is 10.1. The van der Waals surface area contributed by atoms with Crippen LogP contribution in [0.3, 0.4) is 0 Å². The van der Waals surface area contributed by atoms with Crippen molar-refractivity contribution in [3.8, 4) is 0 Å². The number of hydrogen-bond donors (Lipinski definition) is 1. The van der Waals surface area contributed by atoms with E-state index in [4.69, 9.17) is 0 Å². The minimum absolute atomic E-state index is 0.175. The number of pyridine rings is 1. The van der Waals surface area contributed by atoms with Crippen molar-refractivity contribution in [2.45, 2.75) is 6.42 Å². The zero-order valence-corrected chi connectivity index (χ0v) is 13.6. The molecule has 126 valence electrons. The van der Waals surface area contributed by atoms with Gasteiger partial charge in [-0.2, -0.15) is 5.10 Å². The fourth-order valence-corrected chi connectivity index (χ4v) is 2.93. The molecular weight excluding hydrogens is 321 g/mol. The van der Waals surface area contributed by atoms with E-state index in [-0.39, 0.29) is 11.7 Å². The van der Waals surface area contributed by atoms with Crippen molar-refractivity contribution in [2.24, 2.45) is 7.05 Å². The fourth-order valence-electron chi connectivity index (χ4n) is 2.93. The third-order valence-electron chi connectivity index (χ3n) is 4.24. The number of benzene rings is 1. The first-order chi connectivity index (χ1) is 12.1. The van der Waals surface area contributed by atoms with Crippen LogP contribution in [0.2, 0.25) is 0 Å². The van der Waals surface area contributed by atoms with Gasteiger partial charge in [0.25, 0.3) is 5.91 Å². The highest BCUT2D eigenvalue weighted by molar-refractivity contribution is 6.00. The fraction of sp³-hybridized carbons (Fsp3) is 0.167. The van der Waals surface area contributed by atoms with Gasteiger partial charge >= 0.3 is 0 Å². The minimum atomic E-state index is -0.288. The number of rotatable bonds is 4. The summed E-state index contributed by atoms with van der Waals surface area (Å²) in [5, 5.41) is 7.05. The number of amides is 1. The molecule has 0 saturated carbocycles. The topological polar surface area (TPSA) is 64.2 Å². The molecule has 3 aromatic heterocycles. The second-order valence-corrected chi connectivity index (χ2v) is 5.81. The molecule has 0 atom stereocenters. The van der Waals surface area contributed by atoms with Gasteiger partial charge in [-0.15, -0.1) is 0 Å². The quantitative estimate of drug-likeness (QED) is 0.622. The Bertz CT molecular complexity index is 1080. The number of halogens is 1. The van der Waals surface area contributed by atoms with Gasteiger partial charge in [-0.25, -0.2) is 13.9 Å². The van der Waals surface area contributed by atoms with E-state index in [1.54, 1.807) is 23.0 Å². The number of aryl methyl sites for hydroxylation is 1. The van der Waals surface area contributed by atoms with Crippen LogP contribution in [-0.4, -0.2) is 31.6 Å². The zero-order chi connectivity index (χ0) is 17.4. The van der Waals surface area contributed by atoms with Gasteiger partial charge in [0.15, 0.2) is 0 Å². The van der Waals surface area contributed by atoms with E-state index in [0.717, 1.165) is 22.4 Å². The van der Waals surface area contributed by atoms with E-state index < -0.39 is 0 Å². The van der Waals surface area contributed by atoms with Gasteiger partial charge in [-0.05, 0) is 30.3 Å². The van der Waals surface area contributed by atoms with Crippen LogP contribution in [-0.2, 0) is 13.5 Å². The van der Waals surface area contributed by atoms with Gasteiger partial charge in [-0.3, -0.25) is 4.79 Å². The summed E-state index contributed by atoms with van der Waals surface area (Å²) in [7, 11) is 1.84. The molecule has 4 rings (SSSR count). The lowest BCUT2D eigenvalue weighted by atomic mass is 10.2. The molecule has 0 radical (unpaired) electrons. The molecule has 6 nitrogen and oxygen atoms in total. The summed E-state index contributed by atoms with van der Waals surface area (Å²) in [6.45, 7) is 0.433. The van der Waals surface area contributed by atoms with E-state index in [9.17, 15) is 9.18 Å². The summed E-state index contributed by atoms with van der Waals surface area (Å²) in [4.78, 5) is 16.9. The van der Waals surface area contributed by atoms with Crippen molar-refractivity contribution in [3.63, 3.8) is 0 Å². The predicted molar refractivity (Wildman–Crippen MR) is 91.9 cm³/mol. The molecule has 0 bridgehead atoms. The summed E-state index contributed by atoms with van der Waals surface area (Å²) < 4.78 is 16.9. The Hall–Kier alpha value is -3.22. The molecule has 25 heavy (non-hydrogen) atoms. The van der Waals surface area contributed by atoms with Crippen LogP contribution in [0, 0.1) is 5.82 Å². The van der Waals surface area contributed by atoms with Crippen molar-refractivity contribution in [1.82, 2.24) is 24.5 Å². The molecule has 1 amide bonds. The average Bonchev–Trinajstić information content (AvgIpc) is 3.17. The van der Waals surface area contributed by atoms with Crippen LogP contribution in [0.15, 0.2) is 48.8 Å². The lowest BCUT2D eigenvalue weighted by Gasteiger charge is -2.05. The standard InChI is InChI=1S/C18H16FN5O/c1-23-16-10-12(19)5-6-14(16)22-17(23)7-8-20-18(25)13-11-21-24-9-3-2-4-15(13)24/h2-6,9-11H,7-8H2,1H3,(H,20,25). The second kappa shape index (κ2) is 6.01. The molecule has 0 unspecified atom stereocenters. The van der Waals surface area contributed by atoms with E-state index in [0.29, 0.717) is 18.5 Å². The molecular formula is C18H16FN5O. The molecule has 4 aromatic rings. The zero-order valence-electron chi connectivity index (χ0n) is 13.6. The highest BCUT2D eigenvalue weighted by Gasteiger charge is 2.13. The third kappa shape index (κ3) is 2.73. The first-order valence-corrected chi connectivity index (χ1v) is 7.95. The molecule has 1 N–H and O–H groups in total. The van der Waals surface area contributed by atoms with Gasteiger partial charge in [-0.1, -0.05) is 6.07 Å². The van der Waals surface area contributed by atoms with Gasteiger partial charge in [0, 0.05) is 26.2 Å². The molecule has 0 fully saturated rings. The molecule has 0 spiro atoms. The minimum Gasteiger partial charge on any atom is -0.351 e. The summed E-state index contributed by atoms with van der Waals surface area (Å²) in [5.41, 5.74) is 2.78. The second-order valence-electron chi connectivity index (χ2n) is 5.81. The summed E-state index contributed by atoms with van der Waals surface area (Å²) in [6.07, 6.45) is 3.91. The van der Waals surface area contributed by atoms with Crippen LogP contribution in [0.25, 0.3) is 16.6 Å². The monoisotopic (exact) mass is 337 g/mol. The number of nitrogens with one attached hydrogen (secondary N) is 1. The molecule has 7 heteroatoms. The smallest absolute Gasteiger partial charge is 0.255 e. The predicted octanol–water partition coefficient (Wildman–Crippen LogP) is 2.33. The number of hydrogen-bond acceptors (Lipinski definition) is 3. The Morgan fingerprint density at radius 3 is 3.00 bits per heavy atom. The maximum Gasteiger partial charge on any atom is 0.255 e. The first-order valence-electron chi connectivity index (χ1n) is 7.95. The number of imidazole rings is 1. The van der Waals surface area contributed by atoms with Gasteiger partial charge in [0.1, 0.15) is 11.6 Å². The van der Waals surface area contributed by atoms with Crippen molar-refractivity contribution < 1.29 is 9.18 Å². The normalized spacial score (nSPS) is 11.3. The molecule has 0 aliphatic heterocycles. The van der Waals surface area contributed by atoms with E-state index in [1.165, 1.54) is 12.1 Å². The first kappa shape index (κ1) is 15.3. The molecule has 0 aliphatic rings. The largest absolute Gasteiger partial charge is 0.351 e. The van der Waals surface area contributed by atoms with Gasteiger partial charge in [0.05, 0.1) is 28.3 Å². The Kier molecular flexibility index (Phi) is 3.68. The number of fused-ring (bicyclic) bond motifs is 2. The average molecular weight is 337 g/mol. The SMILES string of the molecule is Cn1c(CCNC(=O)c2cnn3ccccc23)nc2ccc(F)cc21. The van der Waals surface area contributed by atoms with Crippen LogP contribution < -0.4 is 5.32 Å². The maximum atomic E-state index is 13.4. The van der Waals surface area contributed by atoms with Crippen LogP contribution in [0.5, 0.6) is 0 Å². The highest BCUT2D eigenvalue weighted by Crippen LogP contribution is 2.16. The lowest BCUT2D eigenvalue weighted by molar-refractivity contribution is 0.0955. The number of carbonyl (C=O) groups is 1. The Morgan fingerprint density at radius 2 is 2.12 bits per heavy atom. The number of carbonyl (C=O) groups excluding carboxylic acids is 1. The molecule has 1 aromatic carbocycles. The third-order valence-corrected chi connectivity index (χ3v) is 4.24. The van der Waals surface area contributed by atoms with Crippen molar-refractivity contribution >= 4 is 22.5 Å². The van der Waals surface area contributed by atoms with E-state index in [2.05, 4.69) is 15.4 Å². The summed E-state index contributed by atoms with van der Waals surface area (Å²) in [5.74, 6) is 0.329. The van der Waals surface area contributed by atoms with Gasteiger partial charge < -0.3 is 9.88 Å². The van der Waals surface area contributed by atoms with Crippen molar-refractivity contribution in [2.75, 3.05) is 6.54 Å². The lowest BCUT2D eigenvalue weighted by Crippen LogP contribution is -2.26. The van der Waals surface area contributed by atoms with Crippen LogP contribution >= 0.6 is 0 Å². The maximum absolute atomic E-state index is 13.4. The van der Waals surface area contributed by atoms with E-state index >= 15 is 0 Å². The van der Waals surface area contributed by atoms with Gasteiger partial charge in [0.2, 0.25) is 0 Å². The van der Waals surface area contributed by atoms with E-state index in [1.807, 2.05) is 29.8 Å². The molecule has 0 saturated heterocycles. The molecule has 3 heterocycles. The molecule has 0 aliphatic carbocycles. The Morgan fingerprint density at radius 1 is 1.24 bits per heavy atom. The van der Waals surface area contributed by atoms with Crippen molar-refractivity contribution in [3.05, 3.63) is 66.0 Å². The van der Waals surface area contributed by atoms with Crippen molar-refractivity contribution in [1.29, 1.82) is 0 Å². The number of nitrogens with zero attached hydrogens (tertiary/aromatic N) is 4. The summed E-state index contributed by atoms with van der Waals surface area (Å²) >= 11 is 0. The van der Waals surface area contributed by atoms with Crippen LogP contribution in [0.4, 0.5) is 4.39 Å². The Balaban J connectivity index is 1.47. The number of aromatic nitrogens is 4. The highest BCUT2D eigenvalue weighted by atomic mass is 19.1. The van der Waals surface area contributed by atoms with Crippen LogP contribution in [0.1, 0.15) is 16.2 Å². The Labute approximate surface area is 142 Å².